The minimum Gasteiger partial charge on any atom is -0.361 e. The van der Waals surface area contributed by atoms with Gasteiger partial charge in [0, 0.05) is 47.9 Å². The van der Waals surface area contributed by atoms with Crippen molar-refractivity contribution in [1.82, 2.24) is 9.88 Å². The number of rotatable bonds is 5. The SMILES string of the molecule is O=CC1CC2CCCCC2N(C(=O)CC(c2ccccc2)c2c[nH]c3cccc(F)c23)C1. The molecule has 5 rings (SSSR count). The number of likely N-dealkylation sites (tertiary alicyclic amines) is 1. The van der Waals surface area contributed by atoms with Crippen LogP contribution in [0.15, 0.2) is 54.7 Å². The largest absolute Gasteiger partial charge is 0.361 e. The number of H-pyrrole nitrogens is 1. The van der Waals surface area contributed by atoms with Crippen molar-refractivity contribution in [3.8, 4) is 0 Å². The molecule has 5 heteroatoms. The maximum absolute atomic E-state index is 14.8. The molecule has 2 heterocycles. The van der Waals surface area contributed by atoms with Gasteiger partial charge in [-0.3, -0.25) is 4.79 Å². The van der Waals surface area contributed by atoms with Gasteiger partial charge in [0.05, 0.1) is 0 Å². The zero-order chi connectivity index (χ0) is 22.1. The standard InChI is InChI=1S/C27H29FN2O2/c28-23-10-6-11-24-27(23)22(15-29-24)21(19-7-2-1-3-8-19)14-26(32)30-16-18(17-31)13-20-9-4-5-12-25(20)30/h1-3,6-8,10-11,15,17-18,20-21,25,29H,4-5,9,12-14,16H2. The maximum atomic E-state index is 14.8. The minimum atomic E-state index is -0.279. The number of amides is 1. The highest BCUT2D eigenvalue weighted by atomic mass is 19.1. The number of carbonyl (C=O) groups excluding carboxylic acids is 2. The molecule has 1 N–H and O–H groups in total. The molecular weight excluding hydrogens is 403 g/mol. The normalized spacial score (nSPS) is 24.2. The van der Waals surface area contributed by atoms with Crippen LogP contribution in [0.4, 0.5) is 4.39 Å². The Morgan fingerprint density at radius 2 is 1.94 bits per heavy atom. The summed E-state index contributed by atoms with van der Waals surface area (Å²) >= 11 is 0. The van der Waals surface area contributed by atoms with Crippen LogP contribution in [-0.2, 0) is 9.59 Å². The van der Waals surface area contributed by atoms with Crippen LogP contribution < -0.4 is 0 Å². The van der Waals surface area contributed by atoms with E-state index in [1.54, 1.807) is 6.07 Å². The third-order valence-electron chi connectivity index (χ3n) is 7.46. The Morgan fingerprint density at radius 1 is 1.12 bits per heavy atom. The maximum Gasteiger partial charge on any atom is 0.223 e. The van der Waals surface area contributed by atoms with Crippen LogP contribution in [0.2, 0.25) is 0 Å². The predicted octanol–water partition coefficient (Wildman–Crippen LogP) is 5.44. The molecule has 1 amide bonds. The average molecular weight is 433 g/mol. The molecule has 4 nitrogen and oxygen atoms in total. The quantitative estimate of drug-likeness (QED) is 0.546. The number of halogens is 1. The Kier molecular flexibility index (Phi) is 5.81. The fraction of sp³-hybridized carbons (Fsp3) is 0.407. The summed E-state index contributed by atoms with van der Waals surface area (Å²) in [6, 6.07) is 15.1. The molecule has 32 heavy (non-hydrogen) atoms. The fourth-order valence-corrected chi connectivity index (χ4v) is 5.94. The van der Waals surface area contributed by atoms with Gasteiger partial charge in [0.1, 0.15) is 12.1 Å². The lowest BCUT2D eigenvalue weighted by Gasteiger charge is -2.46. The van der Waals surface area contributed by atoms with Crippen molar-refractivity contribution in [1.29, 1.82) is 0 Å². The van der Waals surface area contributed by atoms with Gasteiger partial charge in [-0.2, -0.15) is 0 Å². The molecule has 0 bridgehead atoms. The van der Waals surface area contributed by atoms with Crippen LogP contribution in [0.25, 0.3) is 10.9 Å². The van der Waals surface area contributed by atoms with Gasteiger partial charge in [-0.15, -0.1) is 0 Å². The van der Waals surface area contributed by atoms with E-state index in [0.717, 1.165) is 48.6 Å². The summed E-state index contributed by atoms with van der Waals surface area (Å²) in [5.74, 6) is -0.143. The molecule has 1 saturated carbocycles. The van der Waals surface area contributed by atoms with Crippen molar-refractivity contribution in [2.75, 3.05) is 6.54 Å². The first-order valence-corrected chi connectivity index (χ1v) is 11.7. The summed E-state index contributed by atoms with van der Waals surface area (Å²) in [7, 11) is 0. The highest BCUT2D eigenvalue weighted by molar-refractivity contribution is 5.86. The summed E-state index contributed by atoms with van der Waals surface area (Å²) in [5, 5.41) is 0.550. The number of aldehydes is 1. The first-order valence-electron chi connectivity index (χ1n) is 11.7. The van der Waals surface area contributed by atoms with Crippen molar-refractivity contribution in [2.45, 2.75) is 50.5 Å². The Bertz CT molecular complexity index is 1110. The molecule has 4 atom stereocenters. The molecule has 2 aliphatic rings. The summed E-state index contributed by atoms with van der Waals surface area (Å²) < 4.78 is 14.8. The minimum absolute atomic E-state index is 0.0630. The van der Waals surface area contributed by atoms with Gasteiger partial charge >= 0.3 is 0 Å². The van der Waals surface area contributed by atoms with E-state index in [2.05, 4.69) is 4.98 Å². The van der Waals surface area contributed by atoms with E-state index in [1.807, 2.05) is 47.5 Å². The van der Waals surface area contributed by atoms with Gasteiger partial charge in [-0.25, -0.2) is 4.39 Å². The lowest BCUT2D eigenvalue weighted by atomic mass is 9.75. The smallest absolute Gasteiger partial charge is 0.223 e. The highest BCUT2D eigenvalue weighted by Crippen LogP contribution is 2.40. The van der Waals surface area contributed by atoms with Crippen molar-refractivity contribution < 1.29 is 14.0 Å². The molecule has 1 aliphatic heterocycles. The molecule has 166 valence electrons. The van der Waals surface area contributed by atoms with Gasteiger partial charge in [0.15, 0.2) is 0 Å². The van der Waals surface area contributed by atoms with Gasteiger partial charge < -0.3 is 14.7 Å². The molecular formula is C27H29FN2O2. The van der Waals surface area contributed by atoms with Crippen LogP contribution in [0.3, 0.4) is 0 Å². The zero-order valence-corrected chi connectivity index (χ0v) is 18.2. The van der Waals surface area contributed by atoms with Crippen LogP contribution in [0.1, 0.15) is 55.6 Å². The third kappa shape index (κ3) is 3.85. The van der Waals surface area contributed by atoms with Crippen molar-refractivity contribution >= 4 is 23.1 Å². The number of hydrogen-bond acceptors (Lipinski definition) is 2. The van der Waals surface area contributed by atoms with E-state index in [9.17, 15) is 14.0 Å². The number of benzene rings is 2. The molecule has 0 spiro atoms. The lowest BCUT2D eigenvalue weighted by Crippen LogP contribution is -2.53. The number of nitrogens with one attached hydrogen (secondary N) is 1. The topological polar surface area (TPSA) is 53.2 Å². The Morgan fingerprint density at radius 3 is 2.75 bits per heavy atom. The molecule has 4 unspecified atom stereocenters. The molecule has 2 aromatic carbocycles. The Hall–Kier alpha value is -2.95. The van der Waals surface area contributed by atoms with Crippen molar-refractivity contribution in [2.24, 2.45) is 11.8 Å². The molecule has 0 radical (unpaired) electrons. The van der Waals surface area contributed by atoms with E-state index in [-0.39, 0.29) is 36.0 Å². The second-order valence-electron chi connectivity index (χ2n) is 9.36. The second kappa shape index (κ2) is 8.89. The summed E-state index contributed by atoms with van der Waals surface area (Å²) in [5.41, 5.74) is 2.54. The molecule has 1 saturated heterocycles. The van der Waals surface area contributed by atoms with Crippen LogP contribution in [0, 0.1) is 17.7 Å². The summed E-state index contributed by atoms with van der Waals surface area (Å²) in [4.78, 5) is 30.5. The van der Waals surface area contributed by atoms with Crippen LogP contribution in [0.5, 0.6) is 0 Å². The zero-order valence-electron chi connectivity index (χ0n) is 18.2. The van der Waals surface area contributed by atoms with Crippen LogP contribution >= 0.6 is 0 Å². The first kappa shape index (κ1) is 20.9. The van der Waals surface area contributed by atoms with Gasteiger partial charge in [0.25, 0.3) is 0 Å². The van der Waals surface area contributed by atoms with Gasteiger partial charge in [-0.05, 0) is 48.4 Å². The van der Waals surface area contributed by atoms with Crippen molar-refractivity contribution in [3.63, 3.8) is 0 Å². The summed E-state index contributed by atoms with van der Waals surface area (Å²) in [6.45, 7) is 0.507. The third-order valence-corrected chi connectivity index (χ3v) is 7.46. The van der Waals surface area contributed by atoms with E-state index in [0.29, 0.717) is 17.8 Å². The van der Waals surface area contributed by atoms with Crippen molar-refractivity contribution in [3.05, 3.63) is 71.7 Å². The monoisotopic (exact) mass is 432 g/mol. The number of carbonyl (C=O) groups is 2. The Balaban J connectivity index is 1.50. The highest BCUT2D eigenvalue weighted by Gasteiger charge is 2.40. The second-order valence-corrected chi connectivity index (χ2v) is 9.36. The number of piperidine rings is 1. The number of aromatic nitrogens is 1. The predicted molar refractivity (Wildman–Crippen MR) is 123 cm³/mol. The molecule has 1 aromatic heterocycles. The van der Waals surface area contributed by atoms with Crippen LogP contribution in [-0.4, -0.2) is 34.7 Å². The van der Waals surface area contributed by atoms with Gasteiger partial charge in [0.2, 0.25) is 5.91 Å². The van der Waals surface area contributed by atoms with Gasteiger partial charge in [-0.1, -0.05) is 49.2 Å². The number of nitrogens with zero attached hydrogens (tertiary/aromatic N) is 1. The molecule has 3 aromatic rings. The molecule has 1 aliphatic carbocycles. The molecule has 2 fully saturated rings. The lowest BCUT2D eigenvalue weighted by molar-refractivity contribution is -0.140. The first-order chi connectivity index (χ1) is 15.7. The van der Waals surface area contributed by atoms with E-state index in [1.165, 1.54) is 12.5 Å². The van der Waals surface area contributed by atoms with E-state index in [4.69, 9.17) is 0 Å². The average Bonchev–Trinajstić information content (AvgIpc) is 3.27. The fourth-order valence-electron chi connectivity index (χ4n) is 5.94. The number of fused-ring (bicyclic) bond motifs is 2. The number of hydrogen-bond donors (Lipinski definition) is 1. The summed E-state index contributed by atoms with van der Waals surface area (Å²) in [6.07, 6.45) is 8.44. The number of aromatic amines is 1. The van der Waals surface area contributed by atoms with E-state index >= 15 is 0 Å². The van der Waals surface area contributed by atoms with E-state index < -0.39 is 0 Å². The Labute approximate surface area is 187 Å².